The quantitative estimate of drug-likeness (QED) is 0.154. The molecular formula is C28H20F8O4. The summed E-state index contributed by atoms with van der Waals surface area (Å²) in [6.45, 7) is 2.77. The number of halogens is 8. The van der Waals surface area contributed by atoms with E-state index in [2.05, 4.69) is 9.47 Å². The predicted octanol–water partition coefficient (Wildman–Crippen LogP) is 8.39. The van der Waals surface area contributed by atoms with Crippen LogP contribution in [0.15, 0.2) is 73.0 Å². The molecule has 1 saturated heterocycles. The maximum Gasteiger partial charge on any atom is 0.432 e. The van der Waals surface area contributed by atoms with Crippen LogP contribution in [0.4, 0.5) is 35.1 Å². The molecule has 3 aromatic rings. The number of hydrogen-bond acceptors (Lipinski definition) is 4. The zero-order valence-electron chi connectivity index (χ0n) is 20.6. The molecular weight excluding hydrogens is 552 g/mol. The van der Waals surface area contributed by atoms with Crippen molar-refractivity contribution in [3.05, 3.63) is 107 Å². The number of benzene rings is 3. The SMILES string of the molecule is C/C=C/C1COC(c2ccc(-c3cc(F)c(C(F)(F)Oc4cc(F)c(OC=C(F)F)c(F)c4)c(F)c3)cc2)OC1. The first-order valence-corrected chi connectivity index (χ1v) is 11.7. The van der Waals surface area contributed by atoms with Gasteiger partial charge in [-0.1, -0.05) is 36.4 Å². The van der Waals surface area contributed by atoms with Crippen LogP contribution in [0.25, 0.3) is 11.1 Å². The van der Waals surface area contributed by atoms with Gasteiger partial charge in [-0.2, -0.15) is 17.6 Å². The van der Waals surface area contributed by atoms with E-state index in [1.54, 1.807) is 12.1 Å². The van der Waals surface area contributed by atoms with Crippen molar-refractivity contribution in [2.75, 3.05) is 13.2 Å². The molecule has 40 heavy (non-hydrogen) atoms. The highest BCUT2D eigenvalue weighted by atomic mass is 19.3. The summed E-state index contributed by atoms with van der Waals surface area (Å²) >= 11 is 0. The van der Waals surface area contributed by atoms with Gasteiger partial charge in [-0.3, -0.25) is 0 Å². The van der Waals surface area contributed by atoms with E-state index in [4.69, 9.17) is 9.47 Å². The van der Waals surface area contributed by atoms with Crippen molar-refractivity contribution < 1.29 is 54.1 Å². The maximum absolute atomic E-state index is 14.8. The lowest BCUT2D eigenvalue weighted by molar-refractivity contribution is -0.197. The Morgan fingerprint density at radius 3 is 1.95 bits per heavy atom. The highest BCUT2D eigenvalue weighted by molar-refractivity contribution is 5.64. The van der Waals surface area contributed by atoms with E-state index in [0.717, 1.165) is 0 Å². The molecule has 0 radical (unpaired) electrons. The fraction of sp³-hybridized carbons (Fsp3) is 0.214. The first-order chi connectivity index (χ1) is 19.0. The van der Waals surface area contributed by atoms with Gasteiger partial charge in [-0.15, -0.1) is 0 Å². The topological polar surface area (TPSA) is 36.9 Å². The minimum Gasteiger partial charge on any atom is -0.453 e. The van der Waals surface area contributed by atoms with Gasteiger partial charge in [-0.25, -0.2) is 17.6 Å². The average Bonchev–Trinajstić information content (AvgIpc) is 2.88. The lowest BCUT2D eigenvalue weighted by atomic mass is 10.0. The Bertz CT molecular complexity index is 1360. The standard InChI is InChI=1S/C28H20F8O4/c1-2-3-15-12-38-27(39-13-15)17-6-4-16(5-7-17)18-8-20(29)25(21(30)9-18)28(35,36)40-19-10-22(31)26(23(32)11-19)37-14-24(33)34/h2-11,14-15,27H,12-13H2,1H3/b3-2+. The highest BCUT2D eigenvalue weighted by Gasteiger charge is 2.41. The summed E-state index contributed by atoms with van der Waals surface area (Å²) in [4.78, 5) is 0. The van der Waals surface area contributed by atoms with Gasteiger partial charge in [0.1, 0.15) is 22.9 Å². The van der Waals surface area contributed by atoms with Gasteiger partial charge in [0.25, 0.3) is 0 Å². The molecule has 3 aromatic carbocycles. The number of allylic oxidation sites excluding steroid dienone is 1. The molecule has 0 unspecified atom stereocenters. The van der Waals surface area contributed by atoms with Crippen LogP contribution in [-0.2, 0) is 15.6 Å². The second kappa shape index (κ2) is 12.1. The molecule has 0 aromatic heterocycles. The molecule has 0 N–H and O–H groups in total. The third kappa shape index (κ3) is 6.62. The monoisotopic (exact) mass is 572 g/mol. The van der Waals surface area contributed by atoms with Gasteiger partial charge < -0.3 is 18.9 Å². The van der Waals surface area contributed by atoms with Crippen molar-refractivity contribution >= 4 is 0 Å². The van der Waals surface area contributed by atoms with Gasteiger partial charge in [0, 0.05) is 23.6 Å². The van der Waals surface area contributed by atoms with Crippen LogP contribution >= 0.6 is 0 Å². The van der Waals surface area contributed by atoms with Crippen molar-refractivity contribution in [1.82, 2.24) is 0 Å². The van der Waals surface area contributed by atoms with Crippen LogP contribution in [0, 0.1) is 29.2 Å². The smallest absolute Gasteiger partial charge is 0.432 e. The van der Waals surface area contributed by atoms with E-state index in [0.29, 0.717) is 36.5 Å². The zero-order chi connectivity index (χ0) is 29.0. The van der Waals surface area contributed by atoms with Crippen molar-refractivity contribution in [1.29, 1.82) is 0 Å². The molecule has 1 aliphatic rings. The Balaban J connectivity index is 1.52. The minimum absolute atomic E-state index is 0.0773. The normalized spacial score (nSPS) is 17.6. The Morgan fingerprint density at radius 2 is 1.43 bits per heavy atom. The molecule has 0 amide bonds. The van der Waals surface area contributed by atoms with E-state index >= 15 is 0 Å². The van der Waals surface area contributed by atoms with E-state index < -0.39 is 58.8 Å². The molecule has 1 aliphatic heterocycles. The number of rotatable bonds is 8. The zero-order valence-corrected chi connectivity index (χ0v) is 20.6. The largest absolute Gasteiger partial charge is 0.453 e. The first-order valence-electron chi connectivity index (χ1n) is 11.7. The molecule has 1 heterocycles. The fourth-order valence-corrected chi connectivity index (χ4v) is 3.96. The molecule has 0 spiro atoms. The molecule has 0 aliphatic carbocycles. The molecule has 12 heteroatoms. The summed E-state index contributed by atoms with van der Waals surface area (Å²) in [5, 5.41) is 0. The summed E-state index contributed by atoms with van der Waals surface area (Å²) < 4.78 is 131. The van der Waals surface area contributed by atoms with Gasteiger partial charge in [0.2, 0.25) is 0 Å². The van der Waals surface area contributed by atoms with Gasteiger partial charge in [0.05, 0.1) is 13.2 Å². The van der Waals surface area contributed by atoms with Crippen LogP contribution in [0.1, 0.15) is 24.3 Å². The molecule has 1 fully saturated rings. The Morgan fingerprint density at radius 1 is 0.850 bits per heavy atom. The molecule has 4 rings (SSSR count). The van der Waals surface area contributed by atoms with Crippen molar-refractivity contribution in [2.24, 2.45) is 5.92 Å². The summed E-state index contributed by atoms with van der Waals surface area (Å²) in [6.07, 6.45) is -4.19. The molecule has 212 valence electrons. The van der Waals surface area contributed by atoms with E-state index in [-0.39, 0.29) is 29.9 Å². The minimum atomic E-state index is -4.72. The molecule has 4 nitrogen and oxygen atoms in total. The van der Waals surface area contributed by atoms with Crippen molar-refractivity contribution in [3.63, 3.8) is 0 Å². The fourth-order valence-electron chi connectivity index (χ4n) is 3.96. The van der Waals surface area contributed by atoms with Gasteiger partial charge in [-0.05, 0) is 30.2 Å². The first kappa shape index (κ1) is 29.1. The van der Waals surface area contributed by atoms with E-state index in [1.807, 2.05) is 19.1 Å². The van der Waals surface area contributed by atoms with Gasteiger partial charge in [0.15, 0.2) is 29.9 Å². The number of hydrogen-bond donors (Lipinski definition) is 0. The second-order valence-electron chi connectivity index (χ2n) is 8.58. The highest BCUT2D eigenvalue weighted by Crippen LogP contribution is 2.39. The van der Waals surface area contributed by atoms with E-state index in [9.17, 15) is 35.1 Å². The molecule has 0 atom stereocenters. The van der Waals surface area contributed by atoms with Crippen LogP contribution in [0.3, 0.4) is 0 Å². The summed E-state index contributed by atoms with van der Waals surface area (Å²) in [6, 6.07) is 7.87. The Kier molecular flexibility index (Phi) is 8.79. The Hall–Kier alpha value is -3.90. The van der Waals surface area contributed by atoms with Gasteiger partial charge >= 0.3 is 12.2 Å². The van der Waals surface area contributed by atoms with Crippen molar-refractivity contribution in [2.45, 2.75) is 19.3 Å². The summed E-state index contributed by atoms with van der Waals surface area (Å²) in [7, 11) is 0. The third-order valence-corrected chi connectivity index (χ3v) is 5.72. The maximum atomic E-state index is 14.8. The summed E-state index contributed by atoms with van der Waals surface area (Å²) in [5.74, 6) is -9.12. The summed E-state index contributed by atoms with van der Waals surface area (Å²) in [5.41, 5.74) is -0.956. The Labute approximate surface area is 223 Å². The second-order valence-corrected chi connectivity index (χ2v) is 8.58. The average molecular weight is 572 g/mol. The van der Waals surface area contributed by atoms with Crippen LogP contribution in [0.5, 0.6) is 11.5 Å². The number of ether oxygens (including phenoxy) is 4. The third-order valence-electron chi connectivity index (χ3n) is 5.72. The molecule has 0 saturated carbocycles. The number of alkyl halides is 2. The van der Waals surface area contributed by atoms with Crippen LogP contribution < -0.4 is 9.47 Å². The van der Waals surface area contributed by atoms with Crippen molar-refractivity contribution in [3.8, 4) is 22.6 Å². The van der Waals surface area contributed by atoms with E-state index in [1.165, 1.54) is 12.1 Å². The molecule has 0 bridgehead atoms. The lowest BCUT2D eigenvalue weighted by Gasteiger charge is -2.28. The van der Waals surface area contributed by atoms with Crippen LogP contribution in [0.2, 0.25) is 0 Å². The lowest BCUT2D eigenvalue weighted by Crippen LogP contribution is -2.25. The van der Waals surface area contributed by atoms with Crippen LogP contribution in [-0.4, -0.2) is 13.2 Å². The predicted molar refractivity (Wildman–Crippen MR) is 127 cm³/mol.